The normalized spacial score (nSPS) is 15.9. The Morgan fingerprint density at radius 2 is 1.74 bits per heavy atom. The van der Waals surface area contributed by atoms with Gasteiger partial charge in [-0.2, -0.15) is 5.11 Å². The molecule has 1 heterocycles. The Bertz CT molecular complexity index is 933. The highest BCUT2D eigenvalue weighted by Gasteiger charge is 2.26. The van der Waals surface area contributed by atoms with E-state index >= 15 is 0 Å². The number of rotatable bonds is 5. The van der Waals surface area contributed by atoms with Gasteiger partial charge in [0, 0.05) is 31.0 Å². The van der Waals surface area contributed by atoms with Gasteiger partial charge >= 0.3 is 0 Å². The molecular formula is C21H22N4O2. The Balaban J connectivity index is 2.22. The third-order valence-corrected chi connectivity index (χ3v) is 4.66. The van der Waals surface area contributed by atoms with Gasteiger partial charge in [0.15, 0.2) is 0 Å². The topological polar surface area (TPSA) is 85.6 Å². The van der Waals surface area contributed by atoms with E-state index in [4.69, 9.17) is 5.53 Å². The van der Waals surface area contributed by atoms with E-state index in [1.165, 1.54) is 6.92 Å². The van der Waals surface area contributed by atoms with Crippen molar-refractivity contribution >= 4 is 28.8 Å². The standard InChI is InChI=1S/C21H22N4O2/c1-14(26)11-12-19(27)25-13-15-7-3-4-8-16(15)21(24-22)20(23-2)17-9-5-6-10-18(17)25/h3-10,22-23H,11-13H2,1-2H3/b21-20-,24-22?. The number of benzene rings is 2. The van der Waals surface area contributed by atoms with Gasteiger partial charge in [-0.05, 0) is 18.6 Å². The van der Waals surface area contributed by atoms with E-state index in [0.29, 0.717) is 17.9 Å². The molecule has 6 nitrogen and oxygen atoms in total. The Morgan fingerprint density at radius 3 is 2.41 bits per heavy atom. The van der Waals surface area contributed by atoms with Crippen LogP contribution in [0.2, 0.25) is 0 Å². The highest BCUT2D eigenvalue weighted by Crippen LogP contribution is 2.37. The Labute approximate surface area is 158 Å². The maximum Gasteiger partial charge on any atom is 0.227 e. The molecule has 0 spiro atoms. The SMILES string of the molecule is CN/C1=C(\N=N)c2ccccc2CN(C(=O)CCC(C)=O)c2ccccc21. The minimum atomic E-state index is -0.103. The van der Waals surface area contributed by atoms with Crippen LogP contribution in [-0.4, -0.2) is 18.7 Å². The van der Waals surface area contributed by atoms with Gasteiger partial charge in [0.25, 0.3) is 0 Å². The van der Waals surface area contributed by atoms with Crippen molar-refractivity contribution < 1.29 is 9.59 Å². The van der Waals surface area contributed by atoms with Gasteiger partial charge in [0.1, 0.15) is 11.5 Å². The first-order chi connectivity index (χ1) is 13.1. The molecule has 2 N–H and O–H groups in total. The molecule has 3 rings (SSSR count). The second-order valence-electron chi connectivity index (χ2n) is 6.44. The van der Waals surface area contributed by atoms with Crippen molar-refractivity contribution in [3.63, 3.8) is 0 Å². The number of hydrogen-bond acceptors (Lipinski definition) is 5. The van der Waals surface area contributed by atoms with E-state index in [1.54, 1.807) is 11.9 Å². The maximum absolute atomic E-state index is 13.0. The van der Waals surface area contributed by atoms with Crippen molar-refractivity contribution in [1.29, 1.82) is 5.53 Å². The number of para-hydroxylation sites is 1. The van der Waals surface area contributed by atoms with Gasteiger partial charge in [-0.3, -0.25) is 4.79 Å². The average Bonchev–Trinajstić information content (AvgIpc) is 2.67. The second-order valence-corrected chi connectivity index (χ2v) is 6.44. The van der Waals surface area contributed by atoms with E-state index in [-0.39, 0.29) is 24.5 Å². The van der Waals surface area contributed by atoms with Crippen molar-refractivity contribution in [3.05, 3.63) is 65.2 Å². The zero-order valence-electron chi connectivity index (χ0n) is 15.5. The lowest BCUT2D eigenvalue weighted by molar-refractivity contribution is -0.123. The van der Waals surface area contributed by atoms with E-state index in [2.05, 4.69) is 10.4 Å². The Kier molecular flexibility index (Phi) is 5.45. The molecule has 2 aromatic carbocycles. The van der Waals surface area contributed by atoms with Crippen LogP contribution < -0.4 is 10.2 Å². The van der Waals surface area contributed by atoms with Gasteiger partial charge in [-0.25, -0.2) is 5.53 Å². The molecule has 0 atom stereocenters. The molecule has 138 valence electrons. The van der Waals surface area contributed by atoms with Gasteiger partial charge in [0.05, 0.1) is 17.9 Å². The van der Waals surface area contributed by atoms with Gasteiger partial charge in [-0.1, -0.05) is 42.5 Å². The fourth-order valence-electron chi connectivity index (χ4n) is 3.34. The number of nitrogens with zero attached hydrogens (tertiary/aromatic N) is 2. The molecule has 0 fully saturated rings. The molecule has 0 saturated heterocycles. The largest absolute Gasteiger partial charge is 0.386 e. The number of hydrogen-bond donors (Lipinski definition) is 2. The number of fused-ring (bicyclic) bond motifs is 2. The second kappa shape index (κ2) is 7.95. The average molecular weight is 362 g/mol. The third-order valence-electron chi connectivity index (χ3n) is 4.66. The minimum Gasteiger partial charge on any atom is -0.386 e. The van der Waals surface area contributed by atoms with Crippen LogP contribution in [-0.2, 0) is 16.1 Å². The van der Waals surface area contributed by atoms with E-state index in [0.717, 1.165) is 22.4 Å². The zero-order valence-corrected chi connectivity index (χ0v) is 15.5. The molecule has 1 aliphatic rings. The van der Waals surface area contributed by atoms with E-state index < -0.39 is 0 Å². The summed E-state index contributed by atoms with van der Waals surface area (Å²) in [5.74, 6) is -0.107. The van der Waals surface area contributed by atoms with E-state index in [1.807, 2.05) is 48.5 Å². The molecule has 1 amide bonds. The number of carbonyl (C=O) groups is 2. The number of ketones is 1. The summed E-state index contributed by atoms with van der Waals surface area (Å²) in [5, 5.41) is 6.94. The lowest BCUT2D eigenvalue weighted by Crippen LogP contribution is -2.33. The quantitative estimate of drug-likeness (QED) is 0.789. The summed E-state index contributed by atoms with van der Waals surface area (Å²) in [6.07, 6.45) is 0.390. The highest BCUT2D eigenvalue weighted by atomic mass is 16.2. The van der Waals surface area contributed by atoms with Crippen LogP contribution in [0.1, 0.15) is 36.5 Å². The lowest BCUT2D eigenvalue weighted by Gasteiger charge is -2.30. The number of anilines is 1. The molecule has 27 heavy (non-hydrogen) atoms. The summed E-state index contributed by atoms with van der Waals surface area (Å²) >= 11 is 0. The summed E-state index contributed by atoms with van der Waals surface area (Å²) in [4.78, 5) is 26.0. The molecule has 0 saturated carbocycles. The fourth-order valence-corrected chi connectivity index (χ4v) is 3.34. The van der Waals surface area contributed by atoms with Crippen molar-refractivity contribution in [2.75, 3.05) is 11.9 Å². The number of Topliss-reactive ketones (excluding diaryl/α,β-unsaturated/α-hetero) is 1. The minimum absolute atomic E-state index is 0.00446. The van der Waals surface area contributed by atoms with Crippen molar-refractivity contribution in [3.8, 4) is 0 Å². The fraction of sp³-hybridized carbons (Fsp3) is 0.238. The molecule has 0 unspecified atom stereocenters. The van der Waals surface area contributed by atoms with Crippen LogP contribution in [0.3, 0.4) is 0 Å². The number of amides is 1. The van der Waals surface area contributed by atoms with Crippen molar-refractivity contribution in [2.24, 2.45) is 5.11 Å². The molecule has 0 aliphatic carbocycles. The van der Waals surface area contributed by atoms with Crippen LogP contribution in [0.15, 0.2) is 53.6 Å². The van der Waals surface area contributed by atoms with E-state index in [9.17, 15) is 9.59 Å². The first kappa shape index (κ1) is 18.5. The smallest absolute Gasteiger partial charge is 0.227 e. The summed E-state index contributed by atoms with van der Waals surface area (Å²) < 4.78 is 0. The Hall–Kier alpha value is -3.28. The van der Waals surface area contributed by atoms with Gasteiger partial charge in [0.2, 0.25) is 5.91 Å². The first-order valence-corrected chi connectivity index (χ1v) is 8.83. The van der Waals surface area contributed by atoms with Crippen molar-refractivity contribution in [2.45, 2.75) is 26.3 Å². The van der Waals surface area contributed by atoms with Crippen LogP contribution in [0.4, 0.5) is 5.69 Å². The van der Waals surface area contributed by atoms with Crippen LogP contribution in [0.25, 0.3) is 11.4 Å². The predicted octanol–water partition coefficient (Wildman–Crippen LogP) is 3.98. The summed E-state index contributed by atoms with van der Waals surface area (Å²) in [6, 6.07) is 15.2. The number of carbonyl (C=O) groups excluding carboxylic acids is 2. The molecule has 0 radical (unpaired) electrons. The Morgan fingerprint density at radius 1 is 1.07 bits per heavy atom. The van der Waals surface area contributed by atoms with Gasteiger partial charge in [-0.15, -0.1) is 0 Å². The monoisotopic (exact) mass is 362 g/mol. The molecule has 2 aromatic rings. The molecule has 0 aromatic heterocycles. The van der Waals surface area contributed by atoms with Crippen LogP contribution in [0.5, 0.6) is 0 Å². The molecule has 6 heteroatoms. The summed E-state index contributed by atoms with van der Waals surface area (Å²) in [6.45, 7) is 1.85. The van der Waals surface area contributed by atoms with Crippen LogP contribution in [0, 0.1) is 5.53 Å². The summed E-state index contributed by atoms with van der Waals surface area (Å²) in [5.41, 5.74) is 12.2. The predicted molar refractivity (Wildman–Crippen MR) is 105 cm³/mol. The maximum atomic E-state index is 13.0. The third kappa shape index (κ3) is 3.65. The first-order valence-electron chi connectivity index (χ1n) is 8.83. The molecule has 0 bridgehead atoms. The van der Waals surface area contributed by atoms with Gasteiger partial charge < -0.3 is 15.0 Å². The number of nitrogens with one attached hydrogen (secondary N) is 2. The summed E-state index contributed by atoms with van der Waals surface area (Å²) in [7, 11) is 1.78. The lowest BCUT2D eigenvalue weighted by atomic mass is 9.96. The highest BCUT2D eigenvalue weighted by molar-refractivity contribution is 6.02. The zero-order chi connectivity index (χ0) is 19.4. The molecule has 1 aliphatic heterocycles. The van der Waals surface area contributed by atoms with Crippen molar-refractivity contribution in [1.82, 2.24) is 5.32 Å². The molecular weight excluding hydrogens is 340 g/mol. The van der Waals surface area contributed by atoms with Crippen LogP contribution >= 0.6 is 0 Å².